The second kappa shape index (κ2) is 7.34. The van der Waals surface area contributed by atoms with Gasteiger partial charge in [-0.1, -0.05) is 52.2 Å². The molecule has 1 unspecified atom stereocenters. The molecule has 0 bridgehead atoms. The fraction of sp³-hybridized carbons (Fsp3) is 0.696. The Hall–Kier alpha value is -1.35. The lowest BCUT2D eigenvalue weighted by molar-refractivity contribution is 0.0609. The van der Waals surface area contributed by atoms with Crippen molar-refractivity contribution in [2.75, 3.05) is 13.1 Å². The predicted molar refractivity (Wildman–Crippen MR) is 107 cm³/mol. The molecule has 1 aliphatic carbocycles. The van der Waals surface area contributed by atoms with E-state index in [2.05, 4.69) is 43.1 Å². The Bertz CT molecular complexity index is 675. The Morgan fingerprint density at radius 3 is 2.58 bits per heavy atom. The molecular formula is C23H34N2O. The van der Waals surface area contributed by atoms with Crippen molar-refractivity contribution in [2.24, 2.45) is 5.92 Å². The van der Waals surface area contributed by atoms with E-state index in [9.17, 15) is 4.79 Å². The Morgan fingerprint density at radius 2 is 1.88 bits per heavy atom. The van der Waals surface area contributed by atoms with E-state index in [4.69, 9.17) is 0 Å². The van der Waals surface area contributed by atoms with E-state index in [-0.39, 0.29) is 6.04 Å². The highest BCUT2D eigenvalue weighted by atomic mass is 16.2. The molecule has 4 rings (SSSR count). The third-order valence-corrected chi connectivity index (χ3v) is 6.71. The van der Waals surface area contributed by atoms with Gasteiger partial charge in [0.05, 0.1) is 6.04 Å². The van der Waals surface area contributed by atoms with E-state index in [0.717, 1.165) is 31.5 Å². The summed E-state index contributed by atoms with van der Waals surface area (Å²) in [7, 11) is 0. The second-order valence-electron chi connectivity index (χ2n) is 8.97. The first-order valence-electron chi connectivity index (χ1n) is 10.8. The minimum atomic E-state index is 0.238. The molecule has 3 aliphatic rings. The number of nitrogens with one attached hydrogen (secondary N) is 1. The third kappa shape index (κ3) is 3.09. The number of rotatable bonds is 4. The molecule has 2 aliphatic heterocycles. The van der Waals surface area contributed by atoms with Gasteiger partial charge in [-0.05, 0) is 54.2 Å². The lowest BCUT2D eigenvalue weighted by Crippen LogP contribution is -2.52. The molecule has 1 amide bonds. The van der Waals surface area contributed by atoms with Crippen molar-refractivity contribution < 1.29 is 4.79 Å². The number of fused-ring (bicyclic) bond motifs is 3. The summed E-state index contributed by atoms with van der Waals surface area (Å²) in [6, 6.07) is 5.35. The summed E-state index contributed by atoms with van der Waals surface area (Å²) < 4.78 is 0. The van der Waals surface area contributed by atoms with Crippen molar-refractivity contribution >= 4 is 5.91 Å². The monoisotopic (exact) mass is 354 g/mol. The van der Waals surface area contributed by atoms with Crippen molar-refractivity contribution in [3.05, 3.63) is 34.4 Å². The number of hydrogen-bond acceptors (Lipinski definition) is 2. The molecule has 2 fully saturated rings. The number of piperazine rings is 1. The van der Waals surface area contributed by atoms with E-state index in [1.54, 1.807) is 0 Å². The molecule has 3 heteroatoms. The lowest BCUT2D eigenvalue weighted by Gasteiger charge is -2.39. The molecule has 0 spiro atoms. The summed E-state index contributed by atoms with van der Waals surface area (Å²) in [5.74, 6) is 1.54. The molecule has 1 aromatic carbocycles. The zero-order valence-corrected chi connectivity index (χ0v) is 16.7. The number of carbonyl (C=O) groups is 1. The van der Waals surface area contributed by atoms with Crippen molar-refractivity contribution in [3.63, 3.8) is 0 Å². The maximum absolute atomic E-state index is 13.4. The molecule has 2 atom stereocenters. The van der Waals surface area contributed by atoms with Gasteiger partial charge in [0.1, 0.15) is 0 Å². The van der Waals surface area contributed by atoms with Crippen LogP contribution >= 0.6 is 0 Å². The number of nitrogens with zero attached hydrogens (tertiary/aromatic N) is 1. The molecule has 2 heterocycles. The van der Waals surface area contributed by atoms with Crippen LogP contribution < -0.4 is 5.32 Å². The van der Waals surface area contributed by atoms with Crippen LogP contribution in [0.15, 0.2) is 12.1 Å². The van der Waals surface area contributed by atoms with Gasteiger partial charge in [-0.2, -0.15) is 0 Å². The van der Waals surface area contributed by atoms with Gasteiger partial charge in [0.25, 0.3) is 5.91 Å². The van der Waals surface area contributed by atoms with Crippen molar-refractivity contribution in [3.8, 4) is 0 Å². The molecule has 1 saturated carbocycles. The van der Waals surface area contributed by atoms with Gasteiger partial charge in [-0.15, -0.1) is 0 Å². The summed E-state index contributed by atoms with van der Waals surface area (Å²) in [5, 5.41) is 3.73. The largest absolute Gasteiger partial charge is 0.329 e. The smallest absolute Gasteiger partial charge is 0.255 e. The van der Waals surface area contributed by atoms with Crippen LogP contribution in [0.1, 0.15) is 98.3 Å². The number of aryl methyl sites for hydroxylation is 1. The quantitative estimate of drug-likeness (QED) is 0.841. The van der Waals surface area contributed by atoms with Gasteiger partial charge in [-0.3, -0.25) is 4.79 Å². The minimum Gasteiger partial charge on any atom is -0.329 e. The van der Waals surface area contributed by atoms with Crippen LogP contribution in [0.25, 0.3) is 0 Å². The van der Waals surface area contributed by atoms with E-state index < -0.39 is 0 Å². The van der Waals surface area contributed by atoms with Gasteiger partial charge in [-0.25, -0.2) is 0 Å². The maximum Gasteiger partial charge on any atom is 0.255 e. The normalized spacial score (nSPS) is 26.3. The van der Waals surface area contributed by atoms with E-state index >= 15 is 0 Å². The highest BCUT2D eigenvalue weighted by Crippen LogP contribution is 2.45. The zero-order chi connectivity index (χ0) is 18.3. The van der Waals surface area contributed by atoms with E-state index in [1.807, 2.05) is 0 Å². The molecule has 0 radical (unpaired) electrons. The van der Waals surface area contributed by atoms with Crippen LogP contribution in [0.4, 0.5) is 0 Å². The first kappa shape index (κ1) is 18.0. The number of benzene rings is 1. The maximum atomic E-state index is 13.4. The molecule has 142 valence electrons. The van der Waals surface area contributed by atoms with Crippen molar-refractivity contribution in [1.29, 1.82) is 0 Å². The third-order valence-electron chi connectivity index (χ3n) is 6.71. The Labute approximate surface area is 158 Å². The molecular weight excluding hydrogens is 320 g/mol. The summed E-state index contributed by atoms with van der Waals surface area (Å²) in [6.45, 7) is 8.58. The zero-order valence-electron chi connectivity index (χ0n) is 16.7. The van der Waals surface area contributed by atoms with Gasteiger partial charge in [0.15, 0.2) is 0 Å². The molecule has 0 aromatic heterocycles. The molecule has 1 N–H and O–H groups in total. The van der Waals surface area contributed by atoms with Gasteiger partial charge in [0, 0.05) is 24.7 Å². The highest BCUT2D eigenvalue weighted by molar-refractivity contribution is 6.01. The number of carbonyl (C=O) groups excluding carboxylic acids is 1. The minimum absolute atomic E-state index is 0.238. The Balaban J connectivity index is 1.79. The summed E-state index contributed by atoms with van der Waals surface area (Å²) >= 11 is 0. The van der Waals surface area contributed by atoms with Crippen LogP contribution in [0.2, 0.25) is 0 Å². The SMILES string of the molecule is CCc1cc(C2CCCCC2)c2c(c1)C1[C@H](CC(C)C)NCCN1C2=O. The van der Waals surface area contributed by atoms with E-state index in [1.165, 1.54) is 48.8 Å². The predicted octanol–water partition coefficient (Wildman–Crippen LogP) is 4.81. The van der Waals surface area contributed by atoms with Crippen LogP contribution in [-0.4, -0.2) is 29.9 Å². The van der Waals surface area contributed by atoms with Crippen molar-refractivity contribution in [2.45, 2.75) is 83.7 Å². The average Bonchev–Trinajstić information content (AvgIpc) is 2.95. The van der Waals surface area contributed by atoms with Crippen LogP contribution in [0, 0.1) is 5.92 Å². The Morgan fingerprint density at radius 1 is 1.15 bits per heavy atom. The van der Waals surface area contributed by atoms with Crippen LogP contribution in [0.3, 0.4) is 0 Å². The highest BCUT2D eigenvalue weighted by Gasteiger charge is 2.45. The van der Waals surface area contributed by atoms with Crippen LogP contribution in [-0.2, 0) is 6.42 Å². The fourth-order valence-electron chi connectivity index (χ4n) is 5.49. The van der Waals surface area contributed by atoms with E-state index in [0.29, 0.717) is 23.8 Å². The summed E-state index contributed by atoms with van der Waals surface area (Å²) in [6.07, 6.45) is 8.67. The topological polar surface area (TPSA) is 32.3 Å². The van der Waals surface area contributed by atoms with Crippen LogP contribution in [0.5, 0.6) is 0 Å². The van der Waals surface area contributed by atoms with Crippen molar-refractivity contribution in [1.82, 2.24) is 10.2 Å². The molecule has 3 nitrogen and oxygen atoms in total. The first-order chi connectivity index (χ1) is 12.6. The Kier molecular flexibility index (Phi) is 5.09. The second-order valence-corrected chi connectivity index (χ2v) is 8.97. The average molecular weight is 355 g/mol. The summed E-state index contributed by atoms with van der Waals surface area (Å²) in [5.41, 5.74) is 5.19. The molecule has 26 heavy (non-hydrogen) atoms. The fourth-order valence-corrected chi connectivity index (χ4v) is 5.49. The lowest BCUT2D eigenvalue weighted by atomic mass is 9.79. The van der Waals surface area contributed by atoms with Gasteiger partial charge in [0.2, 0.25) is 0 Å². The molecule has 1 saturated heterocycles. The summed E-state index contributed by atoms with van der Waals surface area (Å²) in [4.78, 5) is 15.6. The van der Waals surface area contributed by atoms with Gasteiger partial charge < -0.3 is 10.2 Å². The number of hydrogen-bond donors (Lipinski definition) is 1. The molecule has 1 aromatic rings. The number of amides is 1. The van der Waals surface area contributed by atoms with Gasteiger partial charge >= 0.3 is 0 Å². The first-order valence-corrected chi connectivity index (χ1v) is 10.8. The standard InChI is InChI=1S/C23H34N2O/c1-4-16-13-18(17-8-6-5-7-9-17)21-19(14-16)22-20(12-15(2)3)24-10-11-25(22)23(21)26/h13-15,17,20,22,24H,4-12H2,1-3H3/t20-,22?/m0/s1.